The second-order valence-electron chi connectivity index (χ2n) is 6.67. The van der Waals surface area contributed by atoms with Crippen LogP contribution in [0, 0.1) is 0 Å². The summed E-state index contributed by atoms with van der Waals surface area (Å²) in [6, 6.07) is 20.2. The van der Waals surface area contributed by atoms with Gasteiger partial charge in [-0.25, -0.2) is 9.59 Å². The average Bonchev–Trinajstić information content (AvgIpc) is 3.07. The summed E-state index contributed by atoms with van der Waals surface area (Å²) in [5.74, 6) is -0.877. The Balaban J connectivity index is 1.46. The number of esters is 1. The van der Waals surface area contributed by atoms with Crippen LogP contribution in [0.5, 0.6) is 5.75 Å². The number of ether oxygens (including phenoxy) is 2. The lowest BCUT2D eigenvalue weighted by molar-refractivity contribution is 0.0600. The van der Waals surface area contributed by atoms with Gasteiger partial charge >= 0.3 is 12.1 Å². The number of aromatic hydroxyl groups is 1. The van der Waals surface area contributed by atoms with Crippen LogP contribution in [0.1, 0.15) is 27.4 Å². The molecule has 1 amide bonds. The molecule has 2 N–H and O–H groups in total. The molecule has 0 saturated carbocycles. The van der Waals surface area contributed by atoms with E-state index >= 15 is 0 Å². The zero-order valence-corrected chi connectivity index (χ0v) is 15.7. The zero-order chi connectivity index (χ0) is 20.4. The first-order valence-electron chi connectivity index (χ1n) is 9.12. The number of hydrogen-bond donors (Lipinski definition) is 2. The van der Waals surface area contributed by atoms with Gasteiger partial charge in [0, 0.05) is 5.92 Å². The van der Waals surface area contributed by atoms with Crippen molar-refractivity contribution in [2.24, 2.45) is 0 Å². The number of benzene rings is 3. The number of hydrogen-bond acceptors (Lipinski definition) is 5. The first-order valence-corrected chi connectivity index (χ1v) is 9.12. The van der Waals surface area contributed by atoms with Crippen molar-refractivity contribution in [1.29, 1.82) is 0 Å². The number of anilines is 1. The third-order valence-electron chi connectivity index (χ3n) is 5.00. The van der Waals surface area contributed by atoms with Crippen LogP contribution in [0.3, 0.4) is 0 Å². The van der Waals surface area contributed by atoms with E-state index in [4.69, 9.17) is 4.74 Å². The second kappa shape index (κ2) is 7.67. The van der Waals surface area contributed by atoms with Gasteiger partial charge in [-0.2, -0.15) is 0 Å². The molecule has 0 unspecified atom stereocenters. The van der Waals surface area contributed by atoms with Crippen LogP contribution in [-0.2, 0) is 9.47 Å². The highest BCUT2D eigenvalue weighted by Gasteiger charge is 2.29. The molecule has 1 aliphatic rings. The van der Waals surface area contributed by atoms with E-state index in [2.05, 4.69) is 22.2 Å². The number of phenols is 1. The number of fused-ring (bicyclic) bond motifs is 3. The molecular weight excluding hydrogens is 370 g/mol. The predicted molar refractivity (Wildman–Crippen MR) is 108 cm³/mol. The van der Waals surface area contributed by atoms with Crippen LogP contribution in [0.15, 0.2) is 66.7 Å². The number of nitrogens with one attached hydrogen (secondary N) is 1. The largest absolute Gasteiger partial charge is 0.506 e. The van der Waals surface area contributed by atoms with Gasteiger partial charge in [0.15, 0.2) is 0 Å². The first-order chi connectivity index (χ1) is 14.1. The summed E-state index contributed by atoms with van der Waals surface area (Å²) in [6.07, 6.45) is -0.687. The molecule has 6 heteroatoms. The van der Waals surface area contributed by atoms with Crippen LogP contribution in [-0.4, -0.2) is 30.9 Å². The Hall–Kier alpha value is -3.80. The molecule has 4 rings (SSSR count). The Morgan fingerprint density at radius 1 is 0.966 bits per heavy atom. The number of amides is 1. The van der Waals surface area contributed by atoms with Gasteiger partial charge in [0.1, 0.15) is 12.4 Å². The monoisotopic (exact) mass is 389 g/mol. The van der Waals surface area contributed by atoms with Crippen molar-refractivity contribution in [3.05, 3.63) is 83.4 Å². The molecule has 6 nitrogen and oxygen atoms in total. The third kappa shape index (κ3) is 3.52. The molecule has 0 heterocycles. The summed E-state index contributed by atoms with van der Waals surface area (Å²) in [6.45, 7) is 0.168. The Labute approximate surface area is 167 Å². The normalized spacial score (nSPS) is 12.0. The topological polar surface area (TPSA) is 84.9 Å². The molecule has 0 radical (unpaired) electrons. The molecule has 3 aromatic rings. The summed E-state index contributed by atoms with van der Waals surface area (Å²) in [7, 11) is 1.25. The van der Waals surface area contributed by atoms with Gasteiger partial charge in [-0.1, -0.05) is 48.5 Å². The van der Waals surface area contributed by atoms with Crippen LogP contribution in [0.25, 0.3) is 11.1 Å². The number of methoxy groups -OCH3 is 1. The van der Waals surface area contributed by atoms with Crippen molar-refractivity contribution < 1.29 is 24.2 Å². The summed E-state index contributed by atoms with van der Waals surface area (Å²) in [4.78, 5) is 23.8. The highest BCUT2D eigenvalue weighted by atomic mass is 16.5. The number of phenolic OH excluding ortho intramolecular Hbond substituents is 1. The second-order valence-corrected chi connectivity index (χ2v) is 6.67. The fourth-order valence-electron chi connectivity index (χ4n) is 3.63. The van der Waals surface area contributed by atoms with E-state index in [1.54, 1.807) is 0 Å². The quantitative estimate of drug-likeness (QED) is 0.505. The van der Waals surface area contributed by atoms with E-state index in [1.165, 1.54) is 25.3 Å². The molecule has 0 aliphatic heterocycles. The van der Waals surface area contributed by atoms with Crippen LogP contribution in [0.4, 0.5) is 10.5 Å². The van der Waals surface area contributed by atoms with Crippen LogP contribution in [0.2, 0.25) is 0 Å². The van der Waals surface area contributed by atoms with Gasteiger partial charge in [0.05, 0.1) is 18.4 Å². The van der Waals surface area contributed by atoms with Crippen molar-refractivity contribution >= 4 is 17.7 Å². The standard InChI is InChI=1S/C23H19NO5/c1-28-22(26)14-10-11-20(21(25)12-14)24-23(27)29-13-19-17-8-4-2-6-15(17)16-7-3-5-9-18(16)19/h2-12,19,25H,13H2,1H3,(H,24,27). The van der Waals surface area contributed by atoms with Gasteiger partial charge < -0.3 is 14.6 Å². The van der Waals surface area contributed by atoms with Crippen molar-refractivity contribution in [2.45, 2.75) is 5.92 Å². The lowest BCUT2D eigenvalue weighted by Gasteiger charge is -2.15. The summed E-state index contributed by atoms with van der Waals surface area (Å²) < 4.78 is 10.0. The molecule has 0 spiro atoms. The lowest BCUT2D eigenvalue weighted by Crippen LogP contribution is -2.18. The Morgan fingerprint density at radius 3 is 2.17 bits per heavy atom. The smallest absolute Gasteiger partial charge is 0.411 e. The molecule has 0 atom stereocenters. The van der Waals surface area contributed by atoms with E-state index in [0.717, 1.165) is 22.3 Å². The molecule has 0 bridgehead atoms. The van der Waals surface area contributed by atoms with Gasteiger partial charge in [-0.3, -0.25) is 5.32 Å². The van der Waals surface area contributed by atoms with Gasteiger partial charge in [0.2, 0.25) is 0 Å². The minimum Gasteiger partial charge on any atom is -0.506 e. The highest BCUT2D eigenvalue weighted by molar-refractivity contribution is 5.92. The third-order valence-corrected chi connectivity index (χ3v) is 5.00. The molecule has 0 saturated heterocycles. The van der Waals surface area contributed by atoms with E-state index in [1.807, 2.05) is 36.4 Å². The predicted octanol–water partition coefficient (Wildman–Crippen LogP) is 4.54. The molecule has 1 aliphatic carbocycles. The van der Waals surface area contributed by atoms with Crippen molar-refractivity contribution in [1.82, 2.24) is 0 Å². The Kier molecular flexibility index (Phi) is 4.91. The lowest BCUT2D eigenvalue weighted by atomic mass is 9.98. The zero-order valence-electron chi connectivity index (χ0n) is 15.7. The maximum Gasteiger partial charge on any atom is 0.411 e. The van der Waals surface area contributed by atoms with Crippen molar-refractivity contribution in [2.75, 3.05) is 19.0 Å². The Morgan fingerprint density at radius 2 is 1.59 bits per heavy atom. The minimum absolute atomic E-state index is 0.0524. The summed E-state index contributed by atoms with van der Waals surface area (Å²) in [5, 5.41) is 12.5. The van der Waals surface area contributed by atoms with Gasteiger partial charge in [-0.05, 0) is 40.5 Å². The molecule has 0 fully saturated rings. The average molecular weight is 389 g/mol. The van der Waals surface area contributed by atoms with Crippen LogP contribution < -0.4 is 5.32 Å². The molecule has 0 aromatic heterocycles. The first kappa shape index (κ1) is 18.6. The minimum atomic E-state index is -0.687. The fraction of sp³-hybridized carbons (Fsp3) is 0.130. The van der Waals surface area contributed by atoms with Crippen molar-refractivity contribution in [3.63, 3.8) is 0 Å². The maximum atomic E-state index is 12.3. The van der Waals surface area contributed by atoms with Gasteiger partial charge in [0.25, 0.3) is 0 Å². The molecule has 29 heavy (non-hydrogen) atoms. The van der Waals surface area contributed by atoms with E-state index in [0.29, 0.717) is 0 Å². The number of carbonyl (C=O) groups excluding carboxylic acids is 2. The fourth-order valence-corrected chi connectivity index (χ4v) is 3.63. The van der Waals surface area contributed by atoms with E-state index < -0.39 is 12.1 Å². The van der Waals surface area contributed by atoms with E-state index in [9.17, 15) is 14.7 Å². The SMILES string of the molecule is COC(=O)c1ccc(NC(=O)OCC2c3ccccc3-c3ccccc32)c(O)c1. The number of carbonyl (C=O) groups is 2. The highest BCUT2D eigenvalue weighted by Crippen LogP contribution is 2.44. The molecule has 3 aromatic carbocycles. The Bertz CT molecular complexity index is 1050. The summed E-state index contributed by atoms with van der Waals surface area (Å²) >= 11 is 0. The van der Waals surface area contributed by atoms with Gasteiger partial charge in [-0.15, -0.1) is 0 Å². The summed E-state index contributed by atoms with van der Waals surface area (Å²) in [5.41, 5.74) is 4.86. The molecule has 146 valence electrons. The molecular formula is C23H19NO5. The van der Waals surface area contributed by atoms with Crippen LogP contribution >= 0.6 is 0 Å². The van der Waals surface area contributed by atoms with Crippen molar-refractivity contribution in [3.8, 4) is 16.9 Å². The van der Waals surface area contributed by atoms with E-state index in [-0.39, 0.29) is 29.5 Å². The maximum absolute atomic E-state index is 12.3. The number of rotatable bonds is 4.